The van der Waals surface area contributed by atoms with Crippen LogP contribution in [0.1, 0.15) is 24.8 Å². The fraction of sp³-hybridized carbons (Fsp3) is 0.300. The smallest absolute Gasteiger partial charge is 0.0963 e. The SMILES string of the molecule is CC(C)c1nc2ccccc2s1. The van der Waals surface area contributed by atoms with Gasteiger partial charge in [-0.25, -0.2) is 4.98 Å². The number of nitrogens with zero attached hydrogens (tertiary/aromatic N) is 1. The molecule has 0 aliphatic carbocycles. The Morgan fingerprint density at radius 3 is 2.67 bits per heavy atom. The summed E-state index contributed by atoms with van der Waals surface area (Å²) in [6, 6.07) is 8.29. The lowest BCUT2D eigenvalue weighted by Gasteiger charge is -1.94. The number of thiazole rings is 1. The Labute approximate surface area is 76.1 Å². The molecule has 0 bridgehead atoms. The highest BCUT2D eigenvalue weighted by atomic mass is 32.1. The molecule has 0 spiro atoms. The van der Waals surface area contributed by atoms with Gasteiger partial charge in [0.15, 0.2) is 0 Å². The van der Waals surface area contributed by atoms with Crippen molar-refractivity contribution in [1.29, 1.82) is 0 Å². The molecule has 1 aromatic heterocycles. The van der Waals surface area contributed by atoms with Crippen molar-refractivity contribution < 1.29 is 0 Å². The maximum absolute atomic E-state index is 4.53. The molecular weight excluding hydrogens is 166 g/mol. The minimum Gasteiger partial charge on any atom is -0.241 e. The quantitative estimate of drug-likeness (QED) is 0.650. The average Bonchev–Trinajstić information content (AvgIpc) is 2.46. The predicted octanol–water partition coefficient (Wildman–Crippen LogP) is 3.42. The summed E-state index contributed by atoms with van der Waals surface area (Å²) in [4.78, 5) is 4.53. The van der Waals surface area contributed by atoms with Crippen LogP contribution in [-0.2, 0) is 0 Å². The van der Waals surface area contributed by atoms with Crippen molar-refractivity contribution >= 4 is 21.6 Å². The zero-order valence-electron chi connectivity index (χ0n) is 7.24. The standard InChI is InChI=1S/C10H11NS/c1-7(2)10-11-8-5-3-4-6-9(8)12-10/h3-7H,1-2H3. The van der Waals surface area contributed by atoms with Crippen molar-refractivity contribution in [3.63, 3.8) is 0 Å². The molecule has 0 aliphatic heterocycles. The predicted molar refractivity (Wildman–Crippen MR) is 53.7 cm³/mol. The third-order valence-electron chi connectivity index (χ3n) is 1.80. The molecule has 62 valence electrons. The van der Waals surface area contributed by atoms with Gasteiger partial charge in [-0.2, -0.15) is 0 Å². The summed E-state index contributed by atoms with van der Waals surface area (Å²) < 4.78 is 1.29. The second kappa shape index (κ2) is 2.87. The van der Waals surface area contributed by atoms with Gasteiger partial charge in [-0.1, -0.05) is 26.0 Å². The number of fused-ring (bicyclic) bond motifs is 1. The first-order valence-corrected chi connectivity index (χ1v) is 4.94. The van der Waals surface area contributed by atoms with Gasteiger partial charge in [0, 0.05) is 5.92 Å². The summed E-state index contributed by atoms with van der Waals surface area (Å²) >= 11 is 1.79. The van der Waals surface area contributed by atoms with E-state index in [1.807, 2.05) is 6.07 Å². The van der Waals surface area contributed by atoms with Crippen LogP contribution < -0.4 is 0 Å². The van der Waals surface area contributed by atoms with E-state index in [1.165, 1.54) is 9.71 Å². The largest absolute Gasteiger partial charge is 0.241 e. The van der Waals surface area contributed by atoms with E-state index in [2.05, 4.69) is 37.0 Å². The third kappa shape index (κ3) is 1.23. The van der Waals surface area contributed by atoms with E-state index >= 15 is 0 Å². The van der Waals surface area contributed by atoms with E-state index in [-0.39, 0.29) is 0 Å². The lowest BCUT2D eigenvalue weighted by Crippen LogP contribution is -1.82. The van der Waals surface area contributed by atoms with Crippen LogP contribution in [0.2, 0.25) is 0 Å². The van der Waals surface area contributed by atoms with Crippen molar-refractivity contribution in [1.82, 2.24) is 4.98 Å². The van der Waals surface area contributed by atoms with Crippen molar-refractivity contribution in [3.8, 4) is 0 Å². The van der Waals surface area contributed by atoms with E-state index in [4.69, 9.17) is 0 Å². The molecular formula is C10H11NS. The summed E-state index contributed by atoms with van der Waals surface area (Å²) in [5, 5.41) is 1.23. The normalized spacial score (nSPS) is 11.2. The minimum absolute atomic E-state index is 0.544. The molecule has 1 nitrogen and oxygen atoms in total. The summed E-state index contributed by atoms with van der Waals surface area (Å²) in [5.74, 6) is 0.544. The first-order valence-electron chi connectivity index (χ1n) is 4.13. The molecule has 0 radical (unpaired) electrons. The van der Waals surface area contributed by atoms with Crippen molar-refractivity contribution in [2.75, 3.05) is 0 Å². The maximum atomic E-state index is 4.53. The molecule has 2 rings (SSSR count). The zero-order chi connectivity index (χ0) is 8.55. The lowest BCUT2D eigenvalue weighted by molar-refractivity contribution is 0.857. The van der Waals surface area contributed by atoms with Crippen LogP contribution in [0.3, 0.4) is 0 Å². The highest BCUT2D eigenvalue weighted by Crippen LogP contribution is 2.26. The van der Waals surface area contributed by atoms with Crippen LogP contribution in [0.15, 0.2) is 24.3 Å². The van der Waals surface area contributed by atoms with E-state index < -0.39 is 0 Å². The fourth-order valence-corrected chi connectivity index (χ4v) is 2.11. The molecule has 0 unspecified atom stereocenters. The van der Waals surface area contributed by atoms with E-state index in [0.717, 1.165) is 5.52 Å². The second-order valence-electron chi connectivity index (χ2n) is 3.17. The molecule has 12 heavy (non-hydrogen) atoms. The van der Waals surface area contributed by atoms with Gasteiger partial charge >= 0.3 is 0 Å². The lowest BCUT2D eigenvalue weighted by atomic mass is 10.2. The van der Waals surface area contributed by atoms with Gasteiger partial charge in [-0.05, 0) is 12.1 Å². The number of aromatic nitrogens is 1. The summed E-state index contributed by atoms with van der Waals surface area (Å²) in [7, 11) is 0. The van der Waals surface area contributed by atoms with Crippen LogP contribution in [0.5, 0.6) is 0 Å². The molecule has 1 heterocycles. The second-order valence-corrected chi connectivity index (χ2v) is 4.24. The minimum atomic E-state index is 0.544. The molecule has 0 fully saturated rings. The Bertz CT molecular complexity index is 356. The number of rotatable bonds is 1. The van der Waals surface area contributed by atoms with Gasteiger partial charge in [0.25, 0.3) is 0 Å². The third-order valence-corrected chi connectivity index (χ3v) is 3.14. The Morgan fingerprint density at radius 2 is 2.00 bits per heavy atom. The molecule has 0 atom stereocenters. The Hall–Kier alpha value is -0.890. The fourth-order valence-electron chi connectivity index (χ4n) is 1.14. The van der Waals surface area contributed by atoms with Crippen LogP contribution in [0, 0.1) is 0 Å². The van der Waals surface area contributed by atoms with Gasteiger partial charge in [-0.3, -0.25) is 0 Å². The first kappa shape index (κ1) is 7.74. The maximum Gasteiger partial charge on any atom is 0.0963 e. The van der Waals surface area contributed by atoms with Gasteiger partial charge in [0.1, 0.15) is 0 Å². The first-order chi connectivity index (χ1) is 5.77. The Kier molecular flexibility index (Phi) is 1.85. The molecule has 0 N–H and O–H groups in total. The molecule has 0 aliphatic rings. The van der Waals surface area contributed by atoms with Crippen LogP contribution in [-0.4, -0.2) is 4.98 Å². The van der Waals surface area contributed by atoms with E-state index in [0.29, 0.717) is 5.92 Å². The molecule has 1 aromatic carbocycles. The van der Waals surface area contributed by atoms with Crippen molar-refractivity contribution in [2.45, 2.75) is 19.8 Å². The van der Waals surface area contributed by atoms with Crippen LogP contribution >= 0.6 is 11.3 Å². The molecule has 0 saturated carbocycles. The summed E-state index contributed by atoms with van der Waals surface area (Å²) in [5.41, 5.74) is 1.13. The van der Waals surface area contributed by atoms with Crippen molar-refractivity contribution in [2.24, 2.45) is 0 Å². The van der Waals surface area contributed by atoms with Gasteiger partial charge < -0.3 is 0 Å². The van der Waals surface area contributed by atoms with Gasteiger partial charge in [0.05, 0.1) is 15.2 Å². The average molecular weight is 177 g/mol. The Morgan fingerprint density at radius 1 is 1.25 bits per heavy atom. The van der Waals surface area contributed by atoms with E-state index in [9.17, 15) is 0 Å². The molecule has 2 heteroatoms. The highest BCUT2D eigenvalue weighted by Gasteiger charge is 2.05. The van der Waals surface area contributed by atoms with Gasteiger partial charge in [0.2, 0.25) is 0 Å². The highest BCUT2D eigenvalue weighted by molar-refractivity contribution is 7.18. The summed E-state index contributed by atoms with van der Waals surface area (Å²) in [6.07, 6.45) is 0. The number of benzene rings is 1. The van der Waals surface area contributed by atoms with Crippen LogP contribution in [0.4, 0.5) is 0 Å². The monoisotopic (exact) mass is 177 g/mol. The molecule has 0 amide bonds. The van der Waals surface area contributed by atoms with Gasteiger partial charge in [-0.15, -0.1) is 11.3 Å². The molecule has 2 aromatic rings. The summed E-state index contributed by atoms with van der Waals surface area (Å²) in [6.45, 7) is 4.36. The topological polar surface area (TPSA) is 12.9 Å². The number of hydrogen-bond donors (Lipinski definition) is 0. The van der Waals surface area contributed by atoms with Crippen LogP contribution in [0.25, 0.3) is 10.2 Å². The number of hydrogen-bond acceptors (Lipinski definition) is 2. The van der Waals surface area contributed by atoms with E-state index in [1.54, 1.807) is 11.3 Å². The van der Waals surface area contributed by atoms with Crippen molar-refractivity contribution in [3.05, 3.63) is 29.3 Å². The number of para-hydroxylation sites is 1. The Balaban J connectivity index is 2.62. The zero-order valence-corrected chi connectivity index (χ0v) is 8.06. The molecule has 0 saturated heterocycles.